The van der Waals surface area contributed by atoms with Crippen molar-refractivity contribution in [2.75, 3.05) is 13.6 Å². The molecular formula is C15H24N2O2S. The van der Waals surface area contributed by atoms with Gasteiger partial charge in [0.05, 0.1) is 4.90 Å². The predicted molar refractivity (Wildman–Crippen MR) is 81.1 cm³/mol. The highest BCUT2D eigenvalue weighted by Crippen LogP contribution is 2.39. The first-order valence-electron chi connectivity index (χ1n) is 7.10. The molecule has 4 nitrogen and oxygen atoms in total. The number of hydrogen-bond donors (Lipinski definition) is 2. The highest BCUT2D eigenvalue weighted by molar-refractivity contribution is 7.89. The van der Waals surface area contributed by atoms with Crippen molar-refractivity contribution in [3.63, 3.8) is 0 Å². The van der Waals surface area contributed by atoms with Crippen molar-refractivity contribution in [3.8, 4) is 0 Å². The fraction of sp³-hybridized carbons (Fsp3) is 0.600. The zero-order chi connectivity index (χ0) is 14.8. The molecule has 1 aliphatic carbocycles. The Labute approximate surface area is 122 Å². The van der Waals surface area contributed by atoms with E-state index in [9.17, 15) is 8.42 Å². The lowest BCUT2D eigenvalue weighted by atomic mass is 9.71. The number of sulfonamides is 1. The van der Waals surface area contributed by atoms with Crippen LogP contribution in [0.3, 0.4) is 0 Å². The molecule has 0 spiro atoms. The molecule has 1 saturated carbocycles. The minimum absolute atomic E-state index is 0.142. The van der Waals surface area contributed by atoms with Crippen LogP contribution < -0.4 is 10.0 Å². The van der Waals surface area contributed by atoms with Gasteiger partial charge < -0.3 is 5.32 Å². The molecule has 0 aromatic heterocycles. The molecule has 1 aromatic rings. The van der Waals surface area contributed by atoms with Crippen LogP contribution in [0.25, 0.3) is 0 Å². The summed E-state index contributed by atoms with van der Waals surface area (Å²) in [7, 11) is -1.57. The summed E-state index contributed by atoms with van der Waals surface area (Å²) in [6.45, 7) is 5.18. The van der Waals surface area contributed by atoms with E-state index in [2.05, 4.69) is 17.0 Å². The third-order valence-corrected chi connectivity index (χ3v) is 5.72. The van der Waals surface area contributed by atoms with Gasteiger partial charge in [-0.05, 0) is 49.4 Å². The summed E-state index contributed by atoms with van der Waals surface area (Å²) in [5.41, 5.74) is 1.91. The molecule has 1 aromatic carbocycles. The minimum atomic E-state index is -3.42. The third kappa shape index (κ3) is 3.40. The Morgan fingerprint density at radius 1 is 1.30 bits per heavy atom. The van der Waals surface area contributed by atoms with Crippen molar-refractivity contribution in [2.24, 2.45) is 5.41 Å². The maximum absolute atomic E-state index is 12.5. The maximum Gasteiger partial charge on any atom is 0.240 e. The minimum Gasteiger partial charge on any atom is -0.316 e. The lowest BCUT2D eigenvalue weighted by Gasteiger charge is -2.38. The molecule has 2 rings (SSSR count). The fourth-order valence-electron chi connectivity index (χ4n) is 2.55. The van der Waals surface area contributed by atoms with E-state index in [1.165, 1.54) is 6.42 Å². The lowest BCUT2D eigenvalue weighted by Crippen LogP contribution is -2.40. The van der Waals surface area contributed by atoms with E-state index >= 15 is 0 Å². The van der Waals surface area contributed by atoms with Gasteiger partial charge in [-0.25, -0.2) is 13.1 Å². The van der Waals surface area contributed by atoms with Gasteiger partial charge in [0.2, 0.25) is 10.0 Å². The molecule has 0 saturated heterocycles. The van der Waals surface area contributed by atoms with Crippen LogP contribution >= 0.6 is 0 Å². The van der Waals surface area contributed by atoms with E-state index in [0.717, 1.165) is 24.0 Å². The molecular weight excluding hydrogens is 272 g/mol. The zero-order valence-corrected chi connectivity index (χ0v) is 13.3. The second-order valence-electron chi connectivity index (χ2n) is 6.12. The van der Waals surface area contributed by atoms with Gasteiger partial charge in [-0.3, -0.25) is 0 Å². The van der Waals surface area contributed by atoms with Gasteiger partial charge in [0.1, 0.15) is 0 Å². The Bertz CT molecular complexity index is 578. The van der Waals surface area contributed by atoms with Gasteiger partial charge in [-0.2, -0.15) is 0 Å². The number of rotatable bonds is 6. The quantitative estimate of drug-likeness (QED) is 0.846. The molecule has 0 radical (unpaired) electrons. The van der Waals surface area contributed by atoms with Crippen molar-refractivity contribution in [1.82, 2.24) is 10.0 Å². The monoisotopic (exact) mass is 296 g/mol. The van der Waals surface area contributed by atoms with E-state index in [1.54, 1.807) is 6.07 Å². The maximum atomic E-state index is 12.5. The smallest absolute Gasteiger partial charge is 0.240 e. The van der Waals surface area contributed by atoms with Crippen LogP contribution in [0, 0.1) is 12.3 Å². The van der Waals surface area contributed by atoms with Gasteiger partial charge >= 0.3 is 0 Å². The van der Waals surface area contributed by atoms with E-state index in [0.29, 0.717) is 18.0 Å². The molecule has 112 valence electrons. The van der Waals surface area contributed by atoms with Crippen LogP contribution in [0.15, 0.2) is 23.1 Å². The summed E-state index contributed by atoms with van der Waals surface area (Å²) < 4.78 is 27.7. The molecule has 1 fully saturated rings. The Hall–Kier alpha value is -0.910. The van der Waals surface area contributed by atoms with Crippen molar-refractivity contribution < 1.29 is 8.42 Å². The predicted octanol–water partition coefficient (Wildman–Crippen LogP) is 2.18. The average molecular weight is 296 g/mol. The topological polar surface area (TPSA) is 58.2 Å². The van der Waals surface area contributed by atoms with Gasteiger partial charge in [-0.1, -0.05) is 25.5 Å². The van der Waals surface area contributed by atoms with Gasteiger partial charge in [0, 0.05) is 13.1 Å². The fourth-order valence-corrected chi connectivity index (χ4v) is 4.04. The SMILES string of the molecule is CNCc1ccc(C)c(S(=O)(=O)NCC2(C)CCC2)c1. The molecule has 5 heteroatoms. The number of nitrogens with one attached hydrogen (secondary N) is 2. The molecule has 0 amide bonds. The van der Waals surface area contributed by atoms with Crippen LogP contribution in [0.1, 0.15) is 37.3 Å². The van der Waals surface area contributed by atoms with Crippen LogP contribution in [0.4, 0.5) is 0 Å². The molecule has 0 bridgehead atoms. The summed E-state index contributed by atoms with van der Waals surface area (Å²) in [4.78, 5) is 0.396. The first-order chi connectivity index (χ1) is 9.36. The Kier molecular flexibility index (Phi) is 4.52. The molecule has 2 N–H and O–H groups in total. The lowest BCUT2D eigenvalue weighted by molar-refractivity contribution is 0.166. The van der Waals surface area contributed by atoms with Crippen LogP contribution in [0.2, 0.25) is 0 Å². The molecule has 0 unspecified atom stereocenters. The Morgan fingerprint density at radius 3 is 2.55 bits per heavy atom. The van der Waals surface area contributed by atoms with Gasteiger partial charge in [0.15, 0.2) is 0 Å². The van der Waals surface area contributed by atoms with Gasteiger partial charge in [0.25, 0.3) is 0 Å². The molecule has 0 heterocycles. The zero-order valence-electron chi connectivity index (χ0n) is 12.5. The normalized spacial score (nSPS) is 17.8. The summed E-state index contributed by atoms with van der Waals surface area (Å²) in [6, 6.07) is 5.58. The van der Waals surface area contributed by atoms with Crippen LogP contribution in [-0.4, -0.2) is 22.0 Å². The first kappa shape index (κ1) is 15.5. The first-order valence-corrected chi connectivity index (χ1v) is 8.58. The summed E-state index contributed by atoms with van der Waals surface area (Å²) >= 11 is 0. The number of hydrogen-bond acceptors (Lipinski definition) is 3. The van der Waals surface area contributed by atoms with Crippen LogP contribution in [0.5, 0.6) is 0 Å². The van der Waals surface area contributed by atoms with E-state index in [1.807, 2.05) is 26.1 Å². The Morgan fingerprint density at radius 2 is 2.00 bits per heavy atom. The summed E-state index contributed by atoms with van der Waals surface area (Å²) in [5, 5.41) is 3.04. The second kappa shape index (κ2) is 5.84. The van der Waals surface area contributed by atoms with Crippen molar-refractivity contribution in [1.29, 1.82) is 0 Å². The molecule has 0 atom stereocenters. The summed E-state index contributed by atoms with van der Waals surface area (Å²) in [6.07, 6.45) is 3.41. The van der Waals surface area contributed by atoms with Crippen molar-refractivity contribution in [3.05, 3.63) is 29.3 Å². The average Bonchev–Trinajstić information content (AvgIpc) is 2.36. The molecule has 0 aliphatic heterocycles. The second-order valence-corrected chi connectivity index (χ2v) is 7.85. The largest absolute Gasteiger partial charge is 0.316 e. The Balaban J connectivity index is 2.17. The van der Waals surface area contributed by atoms with E-state index < -0.39 is 10.0 Å². The summed E-state index contributed by atoms with van der Waals surface area (Å²) in [5.74, 6) is 0. The number of benzene rings is 1. The van der Waals surface area contributed by atoms with E-state index in [-0.39, 0.29) is 5.41 Å². The third-order valence-electron chi connectivity index (χ3n) is 4.17. The highest BCUT2D eigenvalue weighted by atomic mass is 32.2. The number of aryl methyl sites for hydroxylation is 1. The standard InChI is InChI=1S/C15H24N2O2S/c1-12-5-6-13(10-16-3)9-14(12)20(18,19)17-11-15(2)7-4-8-15/h5-6,9,16-17H,4,7-8,10-11H2,1-3H3. The highest BCUT2D eigenvalue weighted by Gasteiger charge is 2.33. The van der Waals surface area contributed by atoms with Crippen LogP contribution in [-0.2, 0) is 16.6 Å². The van der Waals surface area contributed by atoms with Gasteiger partial charge in [-0.15, -0.1) is 0 Å². The molecule has 20 heavy (non-hydrogen) atoms. The molecule has 1 aliphatic rings. The van der Waals surface area contributed by atoms with Crippen molar-refractivity contribution >= 4 is 10.0 Å². The van der Waals surface area contributed by atoms with E-state index in [4.69, 9.17) is 0 Å². The van der Waals surface area contributed by atoms with Crippen molar-refractivity contribution in [2.45, 2.75) is 44.6 Å².